The molecular formula is C15H21NO4S. The first-order chi connectivity index (χ1) is 9.08. The Morgan fingerprint density at radius 3 is 2.38 bits per heavy atom. The van der Waals surface area contributed by atoms with E-state index in [2.05, 4.69) is 4.98 Å². The molecule has 0 aliphatic heterocycles. The first-order valence-corrected chi connectivity index (χ1v) is 8.25. The van der Waals surface area contributed by atoms with Crippen LogP contribution in [0.15, 0.2) is 27.4 Å². The van der Waals surface area contributed by atoms with Gasteiger partial charge in [-0.15, -0.1) is 0 Å². The van der Waals surface area contributed by atoms with E-state index in [1.165, 1.54) is 0 Å². The summed E-state index contributed by atoms with van der Waals surface area (Å²) in [5.74, 6) is -0.871. The molecule has 0 aliphatic rings. The molecular weight excluding hydrogens is 290 g/mol. The molecule has 5 nitrogen and oxygen atoms in total. The Morgan fingerprint density at radius 1 is 1.24 bits per heavy atom. The fourth-order valence-electron chi connectivity index (χ4n) is 2.12. The zero-order valence-corrected chi connectivity index (χ0v) is 12.7. The highest BCUT2D eigenvalue weighted by molar-refractivity contribution is 7.89. The van der Waals surface area contributed by atoms with Crippen LogP contribution in [0.1, 0.15) is 39.5 Å². The highest BCUT2D eigenvalue weighted by atomic mass is 32.2. The lowest BCUT2D eigenvalue weighted by Gasteiger charge is -2.19. The van der Waals surface area contributed by atoms with Crippen molar-refractivity contribution in [3.05, 3.63) is 40.0 Å². The van der Waals surface area contributed by atoms with Gasteiger partial charge in [-0.3, -0.25) is 0 Å². The molecule has 1 aromatic carbocycles. The van der Waals surface area contributed by atoms with Gasteiger partial charge >= 0.3 is 5.76 Å². The molecule has 1 heterocycles. The number of hydrogen-bond acceptors (Lipinski definition) is 5. The quantitative estimate of drug-likeness (QED) is 0.852. The van der Waals surface area contributed by atoms with E-state index in [1.807, 2.05) is 20.8 Å². The minimum absolute atomic E-state index is 0. The van der Waals surface area contributed by atoms with Gasteiger partial charge in [-0.2, -0.15) is 4.98 Å². The van der Waals surface area contributed by atoms with Gasteiger partial charge < -0.3 is 4.42 Å². The Morgan fingerprint density at radius 2 is 1.86 bits per heavy atom. The number of sulfone groups is 1. The fraction of sp³-hybridized carbons (Fsp3) is 0.467. The van der Waals surface area contributed by atoms with Gasteiger partial charge in [-0.25, -0.2) is 13.2 Å². The maximum Gasteiger partial charge on any atom is 0.439 e. The lowest BCUT2D eigenvalue weighted by atomic mass is 9.89. The zero-order valence-electron chi connectivity index (χ0n) is 11.9. The van der Waals surface area contributed by atoms with Crippen LogP contribution in [0.25, 0.3) is 11.0 Å². The summed E-state index contributed by atoms with van der Waals surface area (Å²) in [5.41, 5.74) is 1.06. The molecule has 2 rings (SSSR count). The Kier molecular flexibility index (Phi) is 4.63. The summed E-state index contributed by atoms with van der Waals surface area (Å²) >= 11 is 0. The second-order valence-electron chi connectivity index (χ2n) is 5.94. The van der Waals surface area contributed by atoms with Crippen LogP contribution < -0.4 is 5.76 Å². The SMILES string of the molecule is C.CC(C)(C)c1nc(=O)oc2c(CS(C)(=O)=O)cccc12. The van der Waals surface area contributed by atoms with Gasteiger partial charge in [-0.1, -0.05) is 40.3 Å². The molecule has 2 aromatic rings. The molecule has 0 spiro atoms. The molecule has 0 radical (unpaired) electrons. The lowest BCUT2D eigenvalue weighted by molar-refractivity contribution is 0.496. The Bertz CT molecular complexity index is 814. The third-order valence-corrected chi connectivity index (χ3v) is 3.71. The van der Waals surface area contributed by atoms with E-state index in [-0.39, 0.29) is 18.6 Å². The highest BCUT2D eigenvalue weighted by Crippen LogP contribution is 2.29. The second kappa shape index (κ2) is 5.60. The maximum atomic E-state index is 11.6. The highest BCUT2D eigenvalue weighted by Gasteiger charge is 2.22. The standard InChI is InChI=1S/C14H17NO4S.CH4/c1-14(2,3)12-10-7-5-6-9(8-20(4,17)18)11(10)19-13(16)15-12;/h5-7H,8H2,1-4H3;1H4. The summed E-state index contributed by atoms with van der Waals surface area (Å²) in [6, 6.07) is 5.19. The van der Waals surface area contributed by atoms with Crippen molar-refractivity contribution in [3.8, 4) is 0 Å². The van der Waals surface area contributed by atoms with E-state index in [0.717, 1.165) is 6.26 Å². The van der Waals surface area contributed by atoms with Crippen molar-refractivity contribution in [2.75, 3.05) is 6.26 Å². The zero-order chi connectivity index (χ0) is 15.1. The second-order valence-corrected chi connectivity index (χ2v) is 8.08. The molecule has 0 saturated carbocycles. The molecule has 116 valence electrons. The maximum absolute atomic E-state index is 11.6. The summed E-state index contributed by atoms with van der Waals surface area (Å²) < 4.78 is 28.1. The van der Waals surface area contributed by atoms with Crippen molar-refractivity contribution >= 4 is 20.8 Å². The van der Waals surface area contributed by atoms with E-state index in [9.17, 15) is 13.2 Å². The molecule has 6 heteroatoms. The van der Waals surface area contributed by atoms with Gasteiger partial charge in [0, 0.05) is 22.6 Å². The van der Waals surface area contributed by atoms with E-state index in [4.69, 9.17) is 4.42 Å². The summed E-state index contributed by atoms with van der Waals surface area (Å²) in [6.07, 6.45) is 1.15. The van der Waals surface area contributed by atoms with E-state index in [1.54, 1.807) is 18.2 Å². The Balaban J connectivity index is 0.00000220. The van der Waals surface area contributed by atoms with E-state index < -0.39 is 15.6 Å². The molecule has 0 fully saturated rings. The van der Waals surface area contributed by atoms with Crippen molar-refractivity contribution in [2.45, 2.75) is 39.4 Å². The molecule has 0 atom stereocenters. The van der Waals surface area contributed by atoms with Crippen molar-refractivity contribution in [1.29, 1.82) is 0 Å². The third kappa shape index (κ3) is 3.91. The first-order valence-electron chi connectivity index (χ1n) is 6.19. The molecule has 1 aromatic heterocycles. The number of nitrogens with zero attached hydrogens (tertiary/aromatic N) is 1. The predicted octanol–water partition coefficient (Wildman–Crippen LogP) is 2.67. The molecule has 0 unspecified atom stereocenters. The van der Waals surface area contributed by atoms with Gasteiger partial charge in [0.15, 0.2) is 9.84 Å². The van der Waals surface area contributed by atoms with Crippen LogP contribution in [0.3, 0.4) is 0 Å². The fourth-order valence-corrected chi connectivity index (χ4v) is 2.91. The van der Waals surface area contributed by atoms with Crippen LogP contribution in [0, 0.1) is 0 Å². The number of benzene rings is 1. The van der Waals surface area contributed by atoms with Crippen LogP contribution in [0.5, 0.6) is 0 Å². The lowest BCUT2D eigenvalue weighted by Crippen LogP contribution is -2.20. The van der Waals surface area contributed by atoms with Crippen LogP contribution in [0.2, 0.25) is 0 Å². The van der Waals surface area contributed by atoms with Crippen molar-refractivity contribution < 1.29 is 12.8 Å². The van der Waals surface area contributed by atoms with Gasteiger partial charge in [0.05, 0.1) is 11.4 Å². The number of aromatic nitrogens is 1. The van der Waals surface area contributed by atoms with Crippen LogP contribution >= 0.6 is 0 Å². The van der Waals surface area contributed by atoms with Crippen molar-refractivity contribution in [3.63, 3.8) is 0 Å². The number of hydrogen-bond donors (Lipinski definition) is 0. The van der Waals surface area contributed by atoms with E-state index >= 15 is 0 Å². The number of para-hydroxylation sites is 1. The smallest absolute Gasteiger partial charge is 0.408 e. The Hall–Kier alpha value is -1.69. The van der Waals surface area contributed by atoms with Crippen LogP contribution in [-0.2, 0) is 21.0 Å². The van der Waals surface area contributed by atoms with Crippen LogP contribution in [0.4, 0.5) is 0 Å². The number of fused-ring (bicyclic) bond motifs is 1. The average molecular weight is 311 g/mol. The minimum atomic E-state index is -3.21. The van der Waals surface area contributed by atoms with Gasteiger partial charge in [-0.05, 0) is 6.07 Å². The summed E-state index contributed by atoms with van der Waals surface area (Å²) in [4.78, 5) is 15.6. The van der Waals surface area contributed by atoms with Crippen LogP contribution in [-0.4, -0.2) is 19.7 Å². The largest absolute Gasteiger partial charge is 0.439 e. The molecule has 0 bridgehead atoms. The summed E-state index contributed by atoms with van der Waals surface area (Å²) in [7, 11) is -3.21. The predicted molar refractivity (Wildman–Crippen MR) is 84.3 cm³/mol. The molecule has 0 aliphatic carbocycles. The topological polar surface area (TPSA) is 77.2 Å². The summed E-state index contributed by atoms with van der Waals surface area (Å²) in [5, 5.41) is 0.679. The molecule has 21 heavy (non-hydrogen) atoms. The number of rotatable bonds is 2. The van der Waals surface area contributed by atoms with Crippen molar-refractivity contribution in [1.82, 2.24) is 4.98 Å². The van der Waals surface area contributed by atoms with Gasteiger partial charge in [0.1, 0.15) is 5.58 Å². The Labute approximate surface area is 124 Å². The molecule has 0 N–H and O–H groups in total. The third-order valence-electron chi connectivity index (χ3n) is 2.87. The summed E-state index contributed by atoms with van der Waals surface area (Å²) in [6.45, 7) is 5.83. The van der Waals surface area contributed by atoms with Crippen molar-refractivity contribution in [2.24, 2.45) is 0 Å². The first kappa shape index (κ1) is 17.4. The van der Waals surface area contributed by atoms with E-state index in [0.29, 0.717) is 22.2 Å². The monoisotopic (exact) mass is 311 g/mol. The normalized spacial score (nSPS) is 12.2. The average Bonchev–Trinajstić information content (AvgIpc) is 2.26. The minimum Gasteiger partial charge on any atom is -0.408 e. The van der Waals surface area contributed by atoms with Gasteiger partial charge in [0.25, 0.3) is 0 Å². The van der Waals surface area contributed by atoms with Gasteiger partial charge in [0.2, 0.25) is 0 Å². The molecule has 0 saturated heterocycles. The molecule has 0 amide bonds.